The van der Waals surface area contributed by atoms with Crippen LogP contribution in [0, 0.1) is 10.1 Å². The Bertz CT molecular complexity index is 1250. The molecule has 1 aromatic heterocycles. The van der Waals surface area contributed by atoms with E-state index < -0.39 is 16.9 Å². The molecule has 0 spiro atoms. The number of nitrogens with zero attached hydrogens (tertiary/aromatic N) is 2. The molecule has 1 saturated heterocycles. The summed E-state index contributed by atoms with van der Waals surface area (Å²) in [6.07, 6.45) is 1.42. The van der Waals surface area contributed by atoms with Crippen LogP contribution in [0.3, 0.4) is 0 Å². The van der Waals surface area contributed by atoms with E-state index in [2.05, 4.69) is 5.32 Å². The van der Waals surface area contributed by atoms with Crippen LogP contribution in [-0.4, -0.2) is 28.9 Å². The highest BCUT2D eigenvalue weighted by Crippen LogP contribution is 2.34. The molecule has 1 N–H and O–H groups in total. The topological polar surface area (TPSA) is 115 Å². The highest BCUT2D eigenvalue weighted by atomic mass is 35.5. The second-order valence-corrected chi connectivity index (χ2v) is 7.29. The van der Waals surface area contributed by atoms with E-state index in [0.29, 0.717) is 22.1 Å². The fourth-order valence-corrected chi connectivity index (χ4v) is 3.33. The molecule has 3 aromatic rings. The van der Waals surface area contributed by atoms with E-state index in [0.717, 1.165) is 10.5 Å². The van der Waals surface area contributed by atoms with Crippen LogP contribution in [-0.2, 0) is 11.3 Å². The molecule has 1 fully saturated rings. The maximum Gasteiger partial charge on any atom is 0.329 e. The number of benzene rings is 2. The summed E-state index contributed by atoms with van der Waals surface area (Å²) in [5.74, 6) is 0.485. The van der Waals surface area contributed by atoms with Crippen LogP contribution in [0.2, 0.25) is 5.02 Å². The molecule has 162 valence electrons. The Kier molecular flexibility index (Phi) is 5.65. The molecule has 0 unspecified atom stereocenters. The number of methoxy groups -OCH3 is 1. The largest absolute Gasteiger partial charge is 0.496 e. The van der Waals surface area contributed by atoms with Crippen LogP contribution in [0.4, 0.5) is 10.5 Å². The van der Waals surface area contributed by atoms with Gasteiger partial charge >= 0.3 is 6.03 Å². The van der Waals surface area contributed by atoms with Crippen molar-refractivity contribution in [3.63, 3.8) is 0 Å². The summed E-state index contributed by atoms with van der Waals surface area (Å²) in [7, 11) is 1.40. The Morgan fingerprint density at radius 2 is 1.91 bits per heavy atom. The zero-order chi connectivity index (χ0) is 22.8. The van der Waals surface area contributed by atoms with Gasteiger partial charge in [0.1, 0.15) is 23.0 Å². The summed E-state index contributed by atoms with van der Waals surface area (Å²) in [6, 6.07) is 13.7. The minimum atomic E-state index is -0.542. The smallest absolute Gasteiger partial charge is 0.329 e. The van der Waals surface area contributed by atoms with Crippen molar-refractivity contribution in [2.75, 3.05) is 7.11 Å². The van der Waals surface area contributed by atoms with E-state index >= 15 is 0 Å². The number of amides is 3. The van der Waals surface area contributed by atoms with Gasteiger partial charge in [-0.2, -0.15) is 0 Å². The van der Waals surface area contributed by atoms with Crippen LogP contribution < -0.4 is 10.1 Å². The van der Waals surface area contributed by atoms with Crippen molar-refractivity contribution in [1.29, 1.82) is 0 Å². The van der Waals surface area contributed by atoms with Crippen LogP contribution in [0.25, 0.3) is 17.4 Å². The number of halogens is 1. The Balaban J connectivity index is 1.55. The maximum absolute atomic E-state index is 12.7. The third-order valence-electron chi connectivity index (χ3n) is 4.79. The Morgan fingerprint density at radius 1 is 1.16 bits per heavy atom. The number of non-ortho nitro benzene ring substituents is 1. The molecule has 1 aliphatic heterocycles. The summed E-state index contributed by atoms with van der Waals surface area (Å²) in [6.45, 7) is 0.0998. The van der Waals surface area contributed by atoms with E-state index in [1.54, 1.807) is 36.4 Å². The molecule has 0 radical (unpaired) electrons. The Labute approximate surface area is 187 Å². The molecule has 2 heterocycles. The molecule has 32 heavy (non-hydrogen) atoms. The van der Waals surface area contributed by atoms with E-state index in [1.807, 2.05) is 0 Å². The number of rotatable bonds is 6. The zero-order valence-corrected chi connectivity index (χ0v) is 17.5. The number of hydrogen-bond acceptors (Lipinski definition) is 6. The summed E-state index contributed by atoms with van der Waals surface area (Å²) in [4.78, 5) is 36.5. The molecule has 2 aromatic carbocycles. The van der Waals surface area contributed by atoms with Gasteiger partial charge in [0, 0.05) is 17.2 Å². The van der Waals surface area contributed by atoms with Gasteiger partial charge in [-0.1, -0.05) is 23.7 Å². The van der Waals surface area contributed by atoms with Gasteiger partial charge in [-0.25, -0.2) is 4.79 Å². The van der Waals surface area contributed by atoms with E-state index in [4.69, 9.17) is 20.8 Å². The van der Waals surface area contributed by atoms with Gasteiger partial charge in [0.2, 0.25) is 0 Å². The van der Waals surface area contributed by atoms with Crippen molar-refractivity contribution < 1.29 is 23.7 Å². The number of carbonyl (C=O) groups is 2. The van der Waals surface area contributed by atoms with Crippen LogP contribution in [0.15, 0.2) is 64.7 Å². The van der Waals surface area contributed by atoms with Gasteiger partial charge in [0.15, 0.2) is 0 Å². The number of nitrogens with one attached hydrogen (secondary N) is 1. The minimum absolute atomic E-state index is 0.0699. The van der Waals surface area contributed by atoms with Crippen molar-refractivity contribution in [2.24, 2.45) is 0 Å². The van der Waals surface area contributed by atoms with Gasteiger partial charge in [0.05, 0.1) is 30.2 Å². The second-order valence-electron chi connectivity index (χ2n) is 6.85. The lowest BCUT2D eigenvalue weighted by molar-refractivity contribution is -0.384. The number of imide groups is 1. The maximum atomic E-state index is 12.7. The Morgan fingerprint density at radius 3 is 2.59 bits per heavy atom. The summed E-state index contributed by atoms with van der Waals surface area (Å²) in [5.41, 5.74) is 1.22. The third kappa shape index (κ3) is 4.19. The summed E-state index contributed by atoms with van der Waals surface area (Å²) >= 11 is 5.87. The first-order valence-electron chi connectivity index (χ1n) is 9.37. The predicted octanol–water partition coefficient (Wildman–Crippen LogP) is 4.61. The molecule has 3 amide bonds. The molecule has 0 atom stereocenters. The quantitative estimate of drug-likeness (QED) is 0.252. The molecule has 0 saturated carbocycles. The number of furan rings is 1. The first kappa shape index (κ1) is 21.1. The Hall–Kier alpha value is -4.11. The normalized spacial score (nSPS) is 14.7. The van der Waals surface area contributed by atoms with Gasteiger partial charge in [-0.3, -0.25) is 19.8 Å². The van der Waals surface area contributed by atoms with Crippen molar-refractivity contribution in [2.45, 2.75) is 6.54 Å². The van der Waals surface area contributed by atoms with E-state index in [1.165, 1.54) is 31.4 Å². The number of urea groups is 1. The van der Waals surface area contributed by atoms with Gasteiger partial charge in [-0.15, -0.1) is 0 Å². The monoisotopic (exact) mass is 453 g/mol. The molecule has 1 aliphatic rings. The predicted molar refractivity (Wildman–Crippen MR) is 116 cm³/mol. The van der Waals surface area contributed by atoms with Crippen LogP contribution in [0.1, 0.15) is 11.3 Å². The molecule has 9 nitrogen and oxygen atoms in total. The summed E-state index contributed by atoms with van der Waals surface area (Å²) < 4.78 is 11.0. The average molecular weight is 454 g/mol. The van der Waals surface area contributed by atoms with Gasteiger partial charge in [0.25, 0.3) is 11.6 Å². The number of carbonyl (C=O) groups excluding carboxylic acids is 2. The molecule has 0 bridgehead atoms. The average Bonchev–Trinajstić information content (AvgIpc) is 3.34. The highest BCUT2D eigenvalue weighted by molar-refractivity contribution is 6.30. The minimum Gasteiger partial charge on any atom is -0.496 e. The standard InChI is InChI=1S/C22H16ClN3O6/c1-31-20-10-15(26(29)30)6-8-17(20)19-9-7-16(32-19)11-18-21(27)25(22(28)24-18)12-13-2-4-14(23)5-3-13/h2-11H,12H2,1H3,(H,24,28)/b18-11-. The fraction of sp³-hybridized carbons (Fsp3) is 0.0909. The third-order valence-corrected chi connectivity index (χ3v) is 5.04. The van der Waals surface area contributed by atoms with E-state index in [9.17, 15) is 19.7 Å². The number of hydrogen-bond donors (Lipinski definition) is 1. The highest BCUT2D eigenvalue weighted by Gasteiger charge is 2.33. The van der Waals surface area contributed by atoms with Crippen LogP contribution >= 0.6 is 11.6 Å². The van der Waals surface area contributed by atoms with Crippen molar-refractivity contribution >= 4 is 35.3 Å². The summed E-state index contributed by atoms with van der Waals surface area (Å²) in [5, 5.41) is 14.1. The van der Waals surface area contributed by atoms with Gasteiger partial charge < -0.3 is 14.5 Å². The SMILES string of the molecule is COc1cc([N+](=O)[O-])ccc1-c1ccc(/C=C2\NC(=O)N(Cc3ccc(Cl)cc3)C2=O)o1. The van der Waals surface area contributed by atoms with Crippen LogP contribution in [0.5, 0.6) is 5.75 Å². The molecule has 0 aliphatic carbocycles. The molecule has 4 rings (SSSR count). The lowest BCUT2D eigenvalue weighted by Gasteiger charge is -2.11. The molecule has 10 heteroatoms. The zero-order valence-electron chi connectivity index (χ0n) is 16.7. The lowest BCUT2D eigenvalue weighted by atomic mass is 10.1. The van der Waals surface area contributed by atoms with Gasteiger partial charge in [-0.05, 0) is 35.9 Å². The number of nitro benzene ring substituents is 1. The first-order chi connectivity index (χ1) is 15.4. The molecular weight excluding hydrogens is 438 g/mol. The first-order valence-corrected chi connectivity index (χ1v) is 9.75. The number of ether oxygens (including phenoxy) is 1. The van der Waals surface area contributed by atoms with Crippen molar-refractivity contribution in [3.05, 3.63) is 86.8 Å². The molecular formula is C22H16ClN3O6. The number of nitro groups is 1. The lowest BCUT2D eigenvalue weighted by Crippen LogP contribution is -2.30. The van der Waals surface area contributed by atoms with Crippen molar-refractivity contribution in [3.8, 4) is 17.1 Å². The van der Waals surface area contributed by atoms with Crippen molar-refractivity contribution in [1.82, 2.24) is 10.2 Å². The van der Waals surface area contributed by atoms with E-state index in [-0.39, 0.29) is 23.7 Å². The second kappa shape index (κ2) is 8.56. The fourth-order valence-electron chi connectivity index (χ4n) is 3.20.